The topological polar surface area (TPSA) is 52.6 Å². The number of carbonyl (C=O) groups is 2. The third-order valence-corrected chi connectivity index (χ3v) is 7.26. The molecule has 0 fully saturated rings. The first-order valence-electron chi connectivity index (χ1n) is 15.8. The highest BCUT2D eigenvalue weighted by Crippen LogP contribution is 2.22. The quantitative estimate of drug-likeness (QED) is 0.0814. The Balaban J connectivity index is 3.58. The molecule has 0 amide bonds. The molecule has 36 heavy (non-hydrogen) atoms. The fourth-order valence-corrected chi connectivity index (χ4v) is 4.72. The van der Waals surface area contributed by atoms with Crippen LogP contribution in [0.1, 0.15) is 169 Å². The van der Waals surface area contributed by atoms with E-state index in [9.17, 15) is 9.59 Å². The van der Waals surface area contributed by atoms with Gasteiger partial charge in [-0.25, -0.2) is 0 Å². The zero-order valence-corrected chi connectivity index (χ0v) is 24.8. The first-order chi connectivity index (χ1) is 17.5. The molecule has 1 atom stereocenters. The fourth-order valence-electron chi connectivity index (χ4n) is 4.72. The fraction of sp³-hybridized carbons (Fsp3) is 0.938. The van der Waals surface area contributed by atoms with E-state index in [1.807, 2.05) is 0 Å². The second-order valence-electron chi connectivity index (χ2n) is 11.1. The van der Waals surface area contributed by atoms with Crippen molar-refractivity contribution in [3.63, 3.8) is 0 Å². The molecule has 0 heterocycles. The number of hydrogen-bond donors (Lipinski definition) is 0. The van der Waals surface area contributed by atoms with E-state index in [1.54, 1.807) is 0 Å². The Kier molecular flexibility index (Phi) is 26.2. The van der Waals surface area contributed by atoms with Gasteiger partial charge in [-0.2, -0.15) is 0 Å². The van der Waals surface area contributed by atoms with Gasteiger partial charge in [0.1, 0.15) is 0 Å². The normalized spacial score (nSPS) is 12.1. The summed E-state index contributed by atoms with van der Waals surface area (Å²) < 4.78 is 10.9. The van der Waals surface area contributed by atoms with Crippen molar-refractivity contribution in [2.45, 2.75) is 169 Å². The van der Waals surface area contributed by atoms with Crippen LogP contribution in [0.3, 0.4) is 0 Å². The zero-order chi connectivity index (χ0) is 26.7. The van der Waals surface area contributed by atoms with Gasteiger partial charge in [0.05, 0.1) is 19.1 Å². The van der Waals surface area contributed by atoms with Gasteiger partial charge >= 0.3 is 11.9 Å². The highest BCUT2D eigenvalue weighted by molar-refractivity contribution is 5.72. The number of hydrogen-bond acceptors (Lipinski definition) is 4. The lowest BCUT2D eigenvalue weighted by molar-refractivity contribution is -0.150. The summed E-state index contributed by atoms with van der Waals surface area (Å²) in [5.74, 6) is 0.392. The van der Waals surface area contributed by atoms with Gasteiger partial charge in [-0.3, -0.25) is 9.59 Å². The molecule has 0 saturated heterocycles. The Morgan fingerprint density at radius 1 is 0.528 bits per heavy atom. The number of unbranched alkanes of at least 4 members (excludes halogenated alkanes) is 17. The summed E-state index contributed by atoms with van der Waals surface area (Å²) in [5.41, 5.74) is 0. The lowest BCUT2D eigenvalue weighted by Gasteiger charge is -2.19. The Labute approximate surface area is 225 Å². The molecule has 0 saturated carbocycles. The predicted molar refractivity (Wildman–Crippen MR) is 153 cm³/mol. The first-order valence-corrected chi connectivity index (χ1v) is 15.8. The Morgan fingerprint density at radius 3 is 1.44 bits per heavy atom. The Morgan fingerprint density at radius 2 is 0.944 bits per heavy atom. The molecule has 0 radical (unpaired) electrons. The summed E-state index contributed by atoms with van der Waals surface area (Å²) in [6.45, 7) is 9.92. The molecule has 0 bridgehead atoms. The summed E-state index contributed by atoms with van der Waals surface area (Å²) >= 11 is 0. The highest BCUT2D eigenvalue weighted by atomic mass is 16.5. The van der Waals surface area contributed by atoms with Crippen LogP contribution >= 0.6 is 0 Å². The average Bonchev–Trinajstić information content (AvgIpc) is 2.85. The maximum absolute atomic E-state index is 12.5. The third kappa shape index (κ3) is 23.3. The van der Waals surface area contributed by atoms with Crippen LogP contribution in [0, 0.1) is 11.8 Å². The molecule has 214 valence electrons. The van der Waals surface area contributed by atoms with Crippen LogP contribution in [0.4, 0.5) is 0 Å². The molecule has 1 unspecified atom stereocenters. The first kappa shape index (κ1) is 34.9. The van der Waals surface area contributed by atoms with Gasteiger partial charge in [-0.15, -0.1) is 0 Å². The molecule has 0 aliphatic carbocycles. The van der Waals surface area contributed by atoms with Crippen molar-refractivity contribution in [1.82, 2.24) is 0 Å². The molecule has 0 aliphatic heterocycles. The van der Waals surface area contributed by atoms with E-state index in [2.05, 4.69) is 27.7 Å². The zero-order valence-electron chi connectivity index (χ0n) is 24.8. The summed E-state index contributed by atoms with van der Waals surface area (Å²) in [7, 11) is 0. The Hall–Kier alpha value is -1.06. The maximum Gasteiger partial charge on any atom is 0.309 e. The van der Waals surface area contributed by atoms with Crippen LogP contribution < -0.4 is 0 Å². The van der Waals surface area contributed by atoms with Crippen LogP contribution in [-0.4, -0.2) is 25.2 Å². The van der Waals surface area contributed by atoms with Crippen molar-refractivity contribution in [1.29, 1.82) is 0 Å². The van der Waals surface area contributed by atoms with Gasteiger partial charge in [0.2, 0.25) is 0 Å². The van der Waals surface area contributed by atoms with Gasteiger partial charge < -0.3 is 9.47 Å². The second kappa shape index (κ2) is 27.0. The van der Waals surface area contributed by atoms with Crippen LogP contribution in [-0.2, 0) is 19.1 Å². The van der Waals surface area contributed by atoms with E-state index in [4.69, 9.17) is 9.47 Å². The SMILES string of the molecule is CCCCCCCCOC(=O)CCCCCCCCCCC(C(=O)OCCCCCCCC)C(C)C. The molecule has 0 aromatic heterocycles. The molecular formula is C32H62O4. The van der Waals surface area contributed by atoms with Crippen molar-refractivity contribution in [3.8, 4) is 0 Å². The highest BCUT2D eigenvalue weighted by Gasteiger charge is 2.23. The predicted octanol–water partition coefficient (Wildman–Crippen LogP) is 9.97. The van der Waals surface area contributed by atoms with Gasteiger partial charge in [0.15, 0.2) is 0 Å². The molecule has 0 aliphatic rings. The minimum atomic E-state index is -0.0197. The van der Waals surface area contributed by atoms with E-state index >= 15 is 0 Å². The standard InChI is InChI=1S/C32H62O4/c1-5-7-9-11-19-23-27-35-31(33)26-22-18-16-14-13-15-17-21-25-30(29(3)4)32(34)36-28-24-20-12-10-8-6-2/h29-30H,5-28H2,1-4H3. The molecule has 0 aromatic carbocycles. The molecular weight excluding hydrogens is 448 g/mol. The van der Waals surface area contributed by atoms with Crippen molar-refractivity contribution in [3.05, 3.63) is 0 Å². The lowest BCUT2D eigenvalue weighted by atomic mass is 9.90. The van der Waals surface area contributed by atoms with Gasteiger partial charge in [-0.1, -0.05) is 137 Å². The summed E-state index contributed by atoms with van der Waals surface area (Å²) in [5, 5.41) is 0. The number of rotatable bonds is 27. The second-order valence-corrected chi connectivity index (χ2v) is 11.1. The van der Waals surface area contributed by atoms with E-state index in [-0.39, 0.29) is 17.9 Å². The number of esters is 2. The number of carbonyl (C=O) groups excluding carboxylic acids is 2. The van der Waals surface area contributed by atoms with Crippen molar-refractivity contribution in [2.24, 2.45) is 11.8 Å². The van der Waals surface area contributed by atoms with Gasteiger partial charge in [0, 0.05) is 6.42 Å². The van der Waals surface area contributed by atoms with E-state index < -0.39 is 0 Å². The maximum atomic E-state index is 12.5. The van der Waals surface area contributed by atoms with E-state index in [1.165, 1.54) is 96.3 Å². The monoisotopic (exact) mass is 510 g/mol. The average molecular weight is 511 g/mol. The van der Waals surface area contributed by atoms with Gasteiger partial charge in [0.25, 0.3) is 0 Å². The van der Waals surface area contributed by atoms with Crippen LogP contribution in [0.25, 0.3) is 0 Å². The van der Waals surface area contributed by atoms with Crippen LogP contribution in [0.5, 0.6) is 0 Å². The number of ether oxygens (including phenoxy) is 2. The summed E-state index contributed by atoms with van der Waals surface area (Å²) in [6.07, 6.45) is 25.4. The molecule has 4 nitrogen and oxygen atoms in total. The molecule has 4 heteroatoms. The van der Waals surface area contributed by atoms with Crippen LogP contribution in [0.2, 0.25) is 0 Å². The lowest BCUT2D eigenvalue weighted by Crippen LogP contribution is -2.23. The largest absolute Gasteiger partial charge is 0.466 e. The minimum Gasteiger partial charge on any atom is -0.466 e. The van der Waals surface area contributed by atoms with Crippen molar-refractivity contribution < 1.29 is 19.1 Å². The summed E-state index contributed by atoms with van der Waals surface area (Å²) in [4.78, 5) is 24.3. The third-order valence-electron chi connectivity index (χ3n) is 7.26. The smallest absolute Gasteiger partial charge is 0.309 e. The van der Waals surface area contributed by atoms with E-state index in [0.29, 0.717) is 25.6 Å². The molecule has 0 aromatic rings. The molecule has 0 spiro atoms. The molecule has 0 rings (SSSR count). The van der Waals surface area contributed by atoms with Crippen molar-refractivity contribution >= 4 is 11.9 Å². The minimum absolute atomic E-state index is 0.0176. The van der Waals surface area contributed by atoms with Crippen molar-refractivity contribution in [2.75, 3.05) is 13.2 Å². The van der Waals surface area contributed by atoms with Crippen LogP contribution in [0.15, 0.2) is 0 Å². The molecule has 0 N–H and O–H groups in total. The summed E-state index contributed by atoms with van der Waals surface area (Å²) in [6, 6.07) is 0. The van der Waals surface area contributed by atoms with Gasteiger partial charge in [-0.05, 0) is 31.6 Å². The Bertz CT molecular complexity index is 489. The van der Waals surface area contributed by atoms with E-state index in [0.717, 1.165) is 38.5 Å².